The summed E-state index contributed by atoms with van der Waals surface area (Å²) in [7, 11) is 0. The Bertz CT molecular complexity index is 894. The number of rotatable bonds is 7. The second-order valence-corrected chi connectivity index (χ2v) is 7.75. The summed E-state index contributed by atoms with van der Waals surface area (Å²) in [5, 5.41) is 7.13. The summed E-state index contributed by atoms with van der Waals surface area (Å²) in [4.78, 5) is 12.1. The van der Waals surface area contributed by atoms with Gasteiger partial charge >= 0.3 is 0 Å². The highest BCUT2D eigenvalue weighted by Crippen LogP contribution is 2.30. The van der Waals surface area contributed by atoms with Crippen LogP contribution in [0.1, 0.15) is 31.9 Å². The van der Waals surface area contributed by atoms with Crippen LogP contribution >= 0.6 is 0 Å². The number of carbonyl (C=O) groups excluding carboxylic acids is 1. The van der Waals surface area contributed by atoms with E-state index in [4.69, 9.17) is 4.74 Å². The van der Waals surface area contributed by atoms with E-state index in [9.17, 15) is 4.79 Å². The first-order valence-electron chi connectivity index (χ1n) is 9.51. The van der Waals surface area contributed by atoms with Crippen LogP contribution in [0.2, 0.25) is 0 Å². The van der Waals surface area contributed by atoms with Crippen molar-refractivity contribution in [2.24, 2.45) is 0 Å². The zero-order valence-corrected chi connectivity index (χ0v) is 16.7. The van der Waals surface area contributed by atoms with E-state index >= 15 is 0 Å². The van der Waals surface area contributed by atoms with Crippen LogP contribution in [-0.2, 0) is 16.6 Å². The lowest BCUT2D eigenvalue weighted by molar-refractivity contribution is -0.123. The molecule has 0 saturated carbocycles. The van der Waals surface area contributed by atoms with E-state index in [0.29, 0.717) is 6.54 Å². The number of carbonyl (C=O) groups is 1. The topological polar surface area (TPSA) is 56.1 Å². The zero-order chi connectivity index (χ0) is 20.0. The van der Waals surface area contributed by atoms with Crippen molar-refractivity contribution in [2.45, 2.75) is 32.6 Å². The highest BCUT2D eigenvalue weighted by atomic mass is 16.5. The van der Waals surface area contributed by atoms with Crippen LogP contribution in [-0.4, -0.2) is 28.8 Å². The van der Waals surface area contributed by atoms with Crippen molar-refractivity contribution in [3.05, 3.63) is 78.1 Å². The SMILES string of the molecule is CC(C)(C)c1ccccc1OCC(=O)NCCc1ccc(-n2cccn2)cc1. The maximum absolute atomic E-state index is 12.1. The zero-order valence-electron chi connectivity index (χ0n) is 16.7. The summed E-state index contributed by atoms with van der Waals surface area (Å²) in [6.07, 6.45) is 4.43. The Balaban J connectivity index is 1.45. The minimum absolute atomic E-state index is 0.0192. The van der Waals surface area contributed by atoms with Gasteiger partial charge in [-0.05, 0) is 47.2 Å². The quantitative estimate of drug-likeness (QED) is 0.679. The summed E-state index contributed by atoms with van der Waals surface area (Å²) in [6.45, 7) is 6.99. The number of benzene rings is 2. The molecule has 1 amide bonds. The van der Waals surface area contributed by atoms with Gasteiger partial charge in [-0.2, -0.15) is 5.10 Å². The monoisotopic (exact) mass is 377 g/mol. The van der Waals surface area contributed by atoms with E-state index in [1.54, 1.807) is 6.20 Å². The fourth-order valence-electron chi connectivity index (χ4n) is 2.99. The fraction of sp³-hybridized carbons (Fsp3) is 0.304. The maximum Gasteiger partial charge on any atom is 0.257 e. The predicted octanol–water partition coefficient (Wildman–Crippen LogP) is 3.91. The van der Waals surface area contributed by atoms with Crippen LogP contribution in [0.5, 0.6) is 5.75 Å². The molecule has 146 valence electrons. The van der Waals surface area contributed by atoms with E-state index in [0.717, 1.165) is 29.0 Å². The molecule has 0 aliphatic rings. The number of hydrogen-bond acceptors (Lipinski definition) is 3. The Hall–Kier alpha value is -3.08. The van der Waals surface area contributed by atoms with Crippen molar-refractivity contribution < 1.29 is 9.53 Å². The van der Waals surface area contributed by atoms with Gasteiger partial charge in [0, 0.05) is 18.9 Å². The van der Waals surface area contributed by atoms with Crippen LogP contribution in [0, 0.1) is 0 Å². The third-order valence-corrected chi connectivity index (χ3v) is 4.49. The Morgan fingerprint density at radius 2 is 1.82 bits per heavy atom. The molecule has 3 rings (SSSR count). The van der Waals surface area contributed by atoms with Crippen molar-refractivity contribution in [1.29, 1.82) is 0 Å². The van der Waals surface area contributed by atoms with Crippen LogP contribution < -0.4 is 10.1 Å². The van der Waals surface area contributed by atoms with Gasteiger partial charge in [0.15, 0.2) is 6.61 Å². The summed E-state index contributed by atoms with van der Waals surface area (Å²) >= 11 is 0. The summed E-state index contributed by atoms with van der Waals surface area (Å²) in [5.41, 5.74) is 3.24. The average molecular weight is 377 g/mol. The first-order chi connectivity index (χ1) is 13.4. The Labute approximate surface area is 166 Å². The molecule has 28 heavy (non-hydrogen) atoms. The van der Waals surface area contributed by atoms with Crippen LogP contribution in [0.3, 0.4) is 0 Å². The predicted molar refractivity (Wildman–Crippen MR) is 111 cm³/mol. The molecule has 0 atom stereocenters. The molecular weight excluding hydrogens is 350 g/mol. The Morgan fingerprint density at radius 3 is 2.50 bits per heavy atom. The molecule has 3 aromatic rings. The first kappa shape index (κ1) is 19.7. The van der Waals surface area contributed by atoms with E-state index in [2.05, 4.69) is 43.3 Å². The third kappa shape index (κ3) is 5.22. The lowest BCUT2D eigenvalue weighted by atomic mass is 9.86. The molecule has 5 nitrogen and oxygen atoms in total. The smallest absolute Gasteiger partial charge is 0.257 e. The molecule has 5 heteroatoms. The first-order valence-corrected chi connectivity index (χ1v) is 9.51. The summed E-state index contributed by atoms with van der Waals surface area (Å²) in [6, 6.07) is 17.9. The lowest BCUT2D eigenvalue weighted by Gasteiger charge is -2.22. The van der Waals surface area contributed by atoms with E-state index in [1.807, 2.05) is 53.3 Å². The minimum atomic E-state index is -0.114. The molecule has 1 heterocycles. The number of para-hydroxylation sites is 1. The van der Waals surface area contributed by atoms with E-state index in [1.165, 1.54) is 0 Å². The molecule has 1 aromatic heterocycles. The van der Waals surface area contributed by atoms with Gasteiger partial charge in [0.1, 0.15) is 5.75 Å². The third-order valence-electron chi connectivity index (χ3n) is 4.49. The number of aromatic nitrogens is 2. The van der Waals surface area contributed by atoms with Crippen molar-refractivity contribution in [1.82, 2.24) is 15.1 Å². The van der Waals surface area contributed by atoms with Gasteiger partial charge in [0.2, 0.25) is 0 Å². The van der Waals surface area contributed by atoms with Crippen molar-refractivity contribution in [3.8, 4) is 11.4 Å². The Kier molecular flexibility index (Phi) is 6.14. The number of ether oxygens (including phenoxy) is 1. The highest BCUT2D eigenvalue weighted by molar-refractivity contribution is 5.77. The van der Waals surface area contributed by atoms with Crippen molar-refractivity contribution >= 4 is 5.91 Å². The van der Waals surface area contributed by atoms with E-state index < -0.39 is 0 Å². The van der Waals surface area contributed by atoms with Crippen LogP contribution in [0.15, 0.2) is 67.0 Å². The van der Waals surface area contributed by atoms with Gasteiger partial charge in [0.25, 0.3) is 5.91 Å². The second kappa shape index (κ2) is 8.74. The summed E-state index contributed by atoms with van der Waals surface area (Å²) in [5.74, 6) is 0.649. The molecule has 0 radical (unpaired) electrons. The van der Waals surface area contributed by atoms with Crippen molar-refractivity contribution in [2.75, 3.05) is 13.2 Å². The highest BCUT2D eigenvalue weighted by Gasteiger charge is 2.18. The standard InChI is InChI=1S/C23H27N3O2/c1-23(2,3)20-7-4-5-8-21(20)28-17-22(27)24-15-13-18-9-11-19(12-10-18)26-16-6-14-25-26/h4-12,14,16H,13,15,17H2,1-3H3,(H,24,27). The molecular formula is C23H27N3O2. The normalized spacial score (nSPS) is 11.2. The largest absolute Gasteiger partial charge is 0.483 e. The van der Waals surface area contributed by atoms with E-state index in [-0.39, 0.29) is 17.9 Å². The molecule has 0 bridgehead atoms. The van der Waals surface area contributed by atoms with Gasteiger partial charge in [-0.3, -0.25) is 4.79 Å². The fourth-order valence-corrected chi connectivity index (χ4v) is 2.99. The molecule has 0 spiro atoms. The molecule has 0 unspecified atom stereocenters. The molecule has 0 fully saturated rings. The van der Waals surface area contributed by atoms with Gasteiger partial charge in [-0.25, -0.2) is 4.68 Å². The summed E-state index contributed by atoms with van der Waals surface area (Å²) < 4.78 is 7.58. The molecule has 2 aromatic carbocycles. The van der Waals surface area contributed by atoms with Crippen molar-refractivity contribution in [3.63, 3.8) is 0 Å². The number of hydrogen-bond donors (Lipinski definition) is 1. The van der Waals surface area contributed by atoms with Gasteiger partial charge in [0.05, 0.1) is 5.69 Å². The van der Waals surface area contributed by atoms with Crippen LogP contribution in [0.25, 0.3) is 5.69 Å². The molecule has 0 aliphatic heterocycles. The van der Waals surface area contributed by atoms with Gasteiger partial charge < -0.3 is 10.1 Å². The molecule has 1 N–H and O–H groups in total. The average Bonchev–Trinajstić information content (AvgIpc) is 3.21. The Morgan fingerprint density at radius 1 is 1.07 bits per heavy atom. The number of amides is 1. The van der Waals surface area contributed by atoms with Gasteiger partial charge in [-0.1, -0.05) is 51.1 Å². The molecule has 0 aliphatic carbocycles. The second-order valence-electron chi connectivity index (χ2n) is 7.75. The number of nitrogens with one attached hydrogen (secondary N) is 1. The molecule has 0 saturated heterocycles. The van der Waals surface area contributed by atoms with Crippen LogP contribution in [0.4, 0.5) is 0 Å². The minimum Gasteiger partial charge on any atom is -0.483 e. The maximum atomic E-state index is 12.1. The number of nitrogens with zero attached hydrogens (tertiary/aromatic N) is 2. The van der Waals surface area contributed by atoms with Gasteiger partial charge in [-0.15, -0.1) is 0 Å². The lowest BCUT2D eigenvalue weighted by Crippen LogP contribution is -2.31.